The number of hydrogen-bond acceptors (Lipinski definition) is 4. The van der Waals surface area contributed by atoms with Crippen molar-refractivity contribution >= 4 is 18.2 Å². The van der Waals surface area contributed by atoms with Crippen LogP contribution in [0.25, 0.3) is 11.8 Å². The van der Waals surface area contributed by atoms with Gasteiger partial charge in [0.05, 0.1) is 0 Å². The largest absolute Gasteiger partial charge is 0.486 e. The molecule has 6 heteroatoms. The molecule has 2 aromatic carbocycles. The van der Waals surface area contributed by atoms with Crippen molar-refractivity contribution in [3.8, 4) is 11.4 Å². The summed E-state index contributed by atoms with van der Waals surface area (Å²) in [6.07, 6.45) is 5.16. The van der Waals surface area contributed by atoms with E-state index in [1.54, 1.807) is 18.2 Å². The molecule has 33 heavy (non-hydrogen) atoms. The van der Waals surface area contributed by atoms with E-state index in [2.05, 4.69) is 41.1 Å². The number of hydrazone groups is 1. The SMILES string of the molecule is Cc1ccc(C)n1-c1ccc(OCc2ccc(C(=O)NN=CC=Cc3ccccc3)o2)cc1. The Morgan fingerprint density at radius 3 is 2.42 bits per heavy atom. The Morgan fingerprint density at radius 2 is 1.70 bits per heavy atom. The van der Waals surface area contributed by atoms with Gasteiger partial charge in [-0.1, -0.05) is 36.4 Å². The molecule has 4 rings (SSSR count). The van der Waals surface area contributed by atoms with Crippen molar-refractivity contribution < 1.29 is 13.9 Å². The van der Waals surface area contributed by atoms with Crippen LogP contribution in [0.4, 0.5) is 0 Å². The van der Waals surface area contributed by atoms with Gasteiger partial charge in [0, 0.05) is 23.3 Å². The van der Waals surface area contributed by atoms with E-state index in [9.17, 15) is 4.79 Å². The molecule has 2 heterocycles. The zero-order valence-electron chi connectivity index (χ0n) is 18.6. The highest BCUT2D eigenvalue weighted by atomic mass is 16.5. The number of furan rings is 1. The number of ether oxygens (including phenoxy) is 1. The molecule has 0 spiro atoms. The third kappa shape index (κ3) is 5.68. The zero-order valence-corrected chi connectivity index (χ0v) is 18.6. The third-order valence-corrected chi connectivity index (χ3v) is 5.05. The third-order valence-electron chi connectivity index (χ3n) is 5.05. The van der Waals surface area contributed by atoms with Gasteiger partial charge < -0.3 is 13.7 Å². The first-order valence-corrected chi connectivity index (χ1v) is 10.6. The summed E-state index contributed by atoms with van der Waals surface area (Å²) in [7, 11) is 0. The molecule has 0 atom stereocenters. The lowest BCUT2D eigenvalue weighted by Gasteiger charge is -2.10. The molecule has 0 saturated carbocycles. The maximum Gasteiger partial charge on any atom is 0.307 e. The minimum atomic E-state index is -0.424. The van der Waals surface area contributed by atoms with Crippen molar-refractivity contribution in [3.05, 3.63) is 113 Å². The quantitative estimate of drug-likeness (QED) is 0.283. The zero-order chi connectivity index (χ0) is 23.0. The predicted octanol–water partition coefficient (Wildman–Crippen LogP) is 5.70. The van der Waals surface area contributed by atoms with E-state index in [1.165, 1.54) is 17.6 Å². The lowest BCUT2D eigenvalue weighted by atomic mass is 10.2. The summed E-state index contributed by atoms with van der Waals surface area (Å²) in [5, 5.41) is 3.90. The molecule has 0 fully saturated rings. The number of nitrogens with one attached hydrogen (secondary N) is 1. The number of rotatable bonds is 8. The summed E-state index contributed by atoms with van der Waals surface area (Å²) in [5.74, 6) is 1.02. The monoisotopic (exact) mass is 439 g/mol. The molecule has 0 bridgehead atoms. The van der Waals surface area contributed by atoms with Gasteiger partial charge in [-0.2, -0.15) is 5.10 Å². The Labute approximate surface area is 192 Å². The summed E-state index contributed by atoms with van der Waals surface area (Å²) in [4.78, 5) is 12.2. The van der Waals surface area contributed by atoms with Crippen LogP contribution >= 0.6 is 0 Å². The number of benzene rings is 2. The first kappa shape index (κ1) is 21.9. The van der Waals surface area contributed by atoms with Crippen LogP contribution in [0.15, 0.2) is 94.5 Å². The van der Waals surface area contributed by atoms with Crippen LogP contribution in [0.5, 0.6) is 5.75 Å². The maximum absolute atomic E-state index is 12.2. The Morgan fingerprint density at radius 1 is 0.970 bits per heavy atom. The normalized spacial score (nSPS) is 11.3. The highest BCUT2D eigenvalue weighted by Gasteiger charge is 2.11. The average molecular weight is 440 g/mol. The molecule has 0 saturated heterocycles. The highest BCUT2D eigenvalue weighted by molar-refractivity contribution is 5.92. The Hall–Kier alpha value is -4.32. The first-order chi connectivity index (χ1) is 16.1. The maximum atomic E-state index is 12.2. The van der Waals surface area contributed by atoms with Gasteiger partial charge in [0.2, 0.25) is 0 Å². The fraction of sp³-hybridized carbons (Fsp3) is 0.111. The molecule has 166 valence electrons. The predicted molar refractivity (Wildman–Crippen MR) is 130 cm³/mol. The van der Waals surface area contributed by atoms with E-state index in [4.69, 9.17) is 9.15 Å². The molecule has 2 aromatic heterocycles. The minimum absolute atomic E-state index is 0.173. The Bertz CT molecular complexity index is 1250. The van der Waals surface area contributed by atoms with Crippen LogP contribution in [-0.4, -0.2) is 16.7 Å². The minimum Gasteiger partial charge on any atom is -0.486 e. The standard InChI is InChI=1S/C27H25N3O3/c1-20-10-11-21(2)30(20)23-12-14-24(15-13-23)32-19-25-16-17-26(33-25)27(31)29-28-18-6-9-22-7-4-3-5-8-22/h3-18H,19H2,1-2H3,(H,29,31). The van der Waals surface area contributed by atoms with Crippen molar-refractivity contribution in [3.63, 3.8) is 0 Å². The van der Waals surface area contributed by atoms with Crippen LogP contribution in [0.3, 0.4) is 0 Å². The first-order valence-electron chi connectivity index (χ1n) is 10.6. The van der Waals surface area contributed by atoms with E-state index < -0.39 is 5.91 Å². The molecule has 6 nitrogen and oxygen atoms in total. The van der Waals surface area contributed by atoms with Crippen molar-refractivity contribution in [2.24, 2.45) is 5.10 Å². The molecule has 1 N–H and O–H groups in total. The van der Waals surface area contributed by atoms with Gasteiger partial charge >= 0.3 is 5.91 Å². The van der Waals surface area contributed by atoms with Crippen LogP contribution in [0.1, 0.15) is 33.3 Å². The number of allylic oxidation sites excluding steroid dienone is 1. The molecular weight excluding hydrogens is 414 g/mol. The Kier molecular flexibility index (Phi) is 6.85. The molecule has 0 radical (unpaired) electrons. The molecule has 0 aliphatic carbocycles. The summed E-state index contributed by atoms with van der Waals surface area (Å²) < 4.78 is 13.6. The van der Waals surface area contributed by atoms with Gasteiger partial charge in [-0.05, 0) is 74.0 Å². The van der Waals surface area contributed by atoms with Crippen LogP contribution in [0, 0.1) is 13.8 Å². The number of hydrogen-bond donors (Lipinski definition) is 1. The molecule has 0 aliphatic heterocycles. The topological polar surface area (TPSA) is 68.8 Å². The summed E-state index contributed by atoms with van der Waals surface area (Å²) in [6, 6.07) is 25.2. The van der Waals surface area contributed by atoms with E-state index in [0.717, 1.165) is 17.0 Å². The van der Waals surface area contributed by atoms with Gasteiger partial charge in [-0.15, -0.1) is 0 Å². The number of carbonyl (C=O) groups is 1. The van der Waals surface area contributed by atoms with Gasteiger partial charge in [0.15, 0.2) is 5.76 Å². The number of carbonyl (C=O) groups excluding carboxylic acids is 1. The molecule has 0 aliphatic rings. The van der Waals surface area contributed by atoms with Gasteiger partial charge in [0.25, 0.3) is 0 Å². The summed E-state index contributed by atoms with van der Waals surface area (Å²) in [6.45, 7) is 4.38. The number of amides is 1. The average Bonchev–Trinajstić information content (AvgIpc) is 3.45. The van der Waals surface area contributed by atoms with E-state index >= 15 is 0 Å². The lowest BCUT2D eigenvalue weighted by Crippen LogP contribution is -2.16. The summed E-state index contributed by atoms with van der Waals surface area (Å²) >= 11 is 0. The number of nitrogens with zero attached hydrogens (tertiary/aromatic N) is 2. The fourth-order valence-electron chi connectivity index (χ4n) is 3.41. The fourth-order valence-corrected chi connectivity index (χ4v) is 3.41. The van der Waals surface area contributed by atoms with E-state index in [1.807, 2.05) is 60.7 Å². The van der Waals surface area contributed by atoms with E-state index in [0.29, 0.717) is 5.76 Å². The second kappa shape index (κ2) is 10.3. The smallest absolute Gasteiger partial charge is 0.307 e. The van der Waals surface area contributed by atoms with Gasteiger partial charge in [-0.25, -0.2) is 5.43 Å². The second-order valence-electron chi connectivity index (χ2n) is 7.49. The second-order valence-corrected chi connectivity index (χ2v) is 7.49. The van der Waals surface area contributed by atoms with Crippen LogP contribution < -0.4 is 10.2 Å². The Balaban J connectivity index is 1.27. The molecule has 0 unspecified atom stereocenters. The van der Waals surface area contributed by atoms with Crippen molar-refractivity contribution in [2.45, 2.75) is 20.5 Å². The number of aromatic nitrogens is 1. The molecular formula is C27H25N3O3. The number of aryl methyl sites for hydroxylation is 2. The van der Waals surface area contributed by atoms with Crippen molar-refractivity contribution in [1.29, 1.82) is 0 Å². The molecule has 1 amide bonds. The lowest BCUT2D eigenvalue weighted by molar-refractivity contribution is 0.0923. The van der Waals surface area contributed by atoms with Crippen molar-refractivity contribution in [2.75, 3.05) is 0 Å². The highest BCUT2D eigenvalue weighted by Crippen LogP contribution is 2.21. The van der Waals surface area contributed by atoms with E-state index in [-0.39, 0.29) is 12.4 Å². The van der Waals surface area contributed by atoms with Gasteiger partial charge in [-0.3, -0.25) is 4.79 Å². The van der Waals surface area contributed by atoms with Crippen LogP contribution in [-0.2, 0) is 6.61 Å². The summed E-state index contributed by atoms with van der Waals surface area (Å²) in [5.41, 5.74) is 6.94. The molecule has 4 aromatic rings. The van der Waals surface area contributed by atoms with Gasteiger partial charge in [0.1, 0.15) is 18.1 Å². The van der Waals surface area contributed by atoms with Crippen molar-refractivity contribution in [1.82, 2.24) is 9.99 Å². The van der Waals surface area contributed by atoms with Crippen LogP contribution in [0.2, 0.25) is 0 Å².